The maximum atomic E-state index is 9.92. The molecular weight excluding hydrogens is 284 g/mol. The lowest BCUT2D eigenvalue weighted by Gasteiger charge is -2.11. The summed E-state index contributed by atoms with van der Waals surface area (Å²) in [5, 5.41) is 15.8. The summed E-state index contributed by atoms with van der Waals surface area (Å²) in [6.07, 6.45) is 2.71. The van der Waals surface area contributed by atoms with Crippen molar-refractivity contribution in [3.05, 3.63) is 59.2 Å². The number of hydrogen-bond donors (Lipinski definition) is 2. The molecule has 0 bridgehead atoms. The standard InChI is InChI=1S/C17H15ClN2O/c1-2-11-3-4-12-7-8-19-17(14(12)9-11)20-15-10-13(18)5-6-16(15)21/h3-10,21H,2H2,1H3,(H,19,20). The van der Waals surface area contributed by atoms with Crippen molar-refractivity contribution in [2.75, 3.05) is 5.32 Å². The quantitative estimate of drug-likeness (QED) is 0.676. The summed E-state index contributed by atoms with van der Waals surface area (Å²) < 4.78 is 0. The van der Waals surface area contributed by atoms with Crippen molar-refractivity contribution in [1.82, 2.24) is 4.98 Å². The molecule has 0 atom stereocenters. The number of benzene rings is 2. The van der Waals surface area contributed by atoms with Crippen LogP contribution in [0.5, 0.6) is 5.75 Å². The molecule has 3 rings (SSSR count). The van der Waals surface area contributed by atoms with E-state index in [0.717, 1.165) is 17.2 Å². The maximum Gasteiger partial charge on any atom is 0.139 e. The van der Waals surface area contributed by atoms with Gasteiger partial charge < -0.3 is 10.4 Å². The fourth-order valence-electron chi connectivity index (χ4n) is 2.27. The number of rotatable bonds is 3. The fourth-order valence-corrected chi connectivity index (χ4v) is 2.44. The van der Waals surface area contributed by atoms with Crippen LogP contribution in [0.3, 0.4) is 0 Å². The Morgan fingerprint density at radius 2 is 2.00 bits per heavy atom. The van der Waals surface area contributed by atoms with Crippen LogP contribution in [0.4, 0.5) is 11.5 Å². The number of hydrogen-bond acceptors (Lipinski definition) is 3. The predicted molar refractivity (Wildman–Crippen MR) is 87.5 cm³/mol. The summed E-state index contributed by atoms with van der Waals surface area (Å²) in [6, 6.07) is 13.2. The minimum Gasteiger partial charge on any atom is -0.506 e. The van der Waals surface area contributed by atoms with Gasteiger partial charge in [-0.1, -0.05) is 30.7 Å². The van der Waals surface area contributed by atoms with Gasteiger partial charge in [-0.2, -0.15) is 0 Å². The van der Waals surface area contributed by atoms with Crippen LogP contribution < -0.4 is 5.32 Å². The van der Waals surface area contributed by atoms with Crippen molar-refractivity contribution in [2.45, 2.75) is 13.3 Å². The molecule has 0 saturated heterocycles. The van der Waals surface area contributed by atoms with E-state index in [1.54, 1.807) is 24.4 Å². The van der Waals surface area contributed by atoms with E-state index >= 15 is 0 Å². The lowest BCUT2D eigenvalue weighted by Crippen LogP contribution is -1.95. The first-order chi connectivity index (χ1) is 10.2. The van der Waals surface area contributed by atoms with Gasteiger partial charge in [0.15, 0.2) is 0 Å². The minimum absolute atomic E-state index is 0.143. The number of nitrogens with zero attached hydrogens (tertiary/aromatic N) is 1. The van der Waals surface area contributed by atoms with Crippen LogP contribution in [0.15, 0.2) is 48.7 Å². The molecule has 2 N–H and O–H groups in total. The molecule has 0 spiro atoms. The molecule has 1 aromatic heterocycles. The summed E-state index contributed by atoms with van der Waals surface area (Å²) in [5.74, 6) is 0.852. The van der Waals surface area contributed by atoms with E-state index in [9.17, 15) is 5.11 Å². The smallest absolute Gasteiger partial charge is 0.139 e. The van der Waals surface area contributed by atoms with Gasteiger partial charge in [0.1, 0.15) is 11.6 Å². The van der Waals surface area contributed by atoms with Crippen molar-refractivity contribution >= 4 is 33.9 Å². The SMILES string of the molecule is CCc1ccc2ccnc(Nc3cc(Cl)ccc3O)c2c1. The van der Waals surface area contributed by atoms with Gasteiger partial charge in [0.25, 0.3) is 0 Å². The normalized spacial score (nSPS) is 10.8. The van der Waals surface area contributed by atoms with E-state index in [1.165, 1.54) is 5.56 Å². The number of phenols is 1. The molecule has 0 aliphatic carbocycles. The number of pyridine rings is 1. The first-order valence-corrected chi connectivity index (χ1v) is 7.18. The van der Waals surface area contributed by atoms with Gasteiger partial charge in [-0.3, -0.25) is 0 Å². The predicted octanol–water partition coefficient (Wildman–Crippen LogP) is 4.90. The van der Waals surface area contributed by atoms with Crippen LogP contribution in [0.1, 0.15) is 12.5 Å². The van der Waals surface area contributed by atoms with Crippen LogP contribution in [0.25, 0.3) is 10.8 Å². The highest BCUT2D eigenvalue weighted by Crippen LogP contribution is 2.31. The van der Waals surface area contributed by atoms with Crippen molar-refractivity contribution in [2.24, 2.45) is 0 Å². The van der Waals surface area contributed by atoms with E-state index in [4.69, 9.17) is 11.6 Å². The first-order valence-electron chi connectivity index (χ1n) is 6.80. The zero-order valence-corrected chi connectivity index (χ0v) is 12.4. The van der Waals surface area contributed by atoms with Gasteiger partial charge in [-0.05, 0) is 47.7 Å². The van der Waals surface area contributed by atoms with Crippen LogP contribution in [0.2, 0.25) is 5.02 Å². The van der Waals surface area contributed by atoms with Gasteiger partial charge in [-0.15, -0.1) is 0 Å². The zero-order chi connectivity index (χ0) is 14.8. The molecular formula is C17H15ClN2O. The number of fused-ring (bicyclic) bond motifs is 1. The Morgan fingerprint density at radius 3 is 2.81 bits per heavy atom. The molecule has 3 aromatic rings. The molecule has 0 amide bonds. The average Bonchev–Trinajstić information content (AvgIpc) is 2.51. The number of aryl methyl sites for hydroxylation is 1. The van der Waals surface area contributed by atoms with Crippen molar-refractivity contribution in [3.8, 4) is 5.75 Å². The Balaban J connectivity index is 2.09. The van der Waals surface area contributed by atoms with Crippen molar-refractivity contribution < 1.29 is 5.11 Å². The average molecular weight is 299 g/mol. The lowest BCUT2D eigenvalue weighted by atomic mass is 10.1. The Bertz CT molecular complexity index is 802. The molecule has 0 radical (unpaired) electrons. The molecule has 0 aliphatic heterocycles. The number of nitrogens with one attached hydrogen (secondary N) is 1. The third-order valence-corrected chi connectivity index (χ3v) is 3.69. The molecule has 0 fully saturated rings. The number of aromatic hydroxyl groups is 1. The fraction of sp³-hybridized carbons (Fsp3) is 0.118. The molecule has 3 nitrogen and oxygen atoms in total. The van der Waals surface area contributed by atoms with Crippen molar-refractivity contribution in [1.29, 1.82) is 0 Å². The lowest BCUT2D eigenvalue weighted by molar-refractivity contribution is 0.478. The number of aromatic nitrogens is 1. The van der Waals surface area contributed by atoms with Gasteiger partial charge in [0, 0.05) is 16.6 Å². The molecule has 0 aliphatic rings. The first kappa shape index (κ1) is 13.7. The summed E-state index contributed by atoms with van der Waals surface area (Å²) in [7, 11) is 0. The molecule has 4 heteroatoms. The Labute approximate surface area is 128 Å². The molecule has 0 unspecified atom stereocenters. The Kier molecular flexibility index (Phi) is 3.67. The van der Waals surface area contributed by atoms with Crippen molar-refractivity contribution in [3.63, 3.8) is 0 Å². The summed E-state index contributed by atoms with van der Waals surface area (Å²) >= 11 is 5.98. The highest BCUT2D eigenvalue weighted by molar-refractivity contribution is 6.31. The number of halogens is 1. The second kappa shape index (κ2) is 5.62. The molecule has 1 heterocycles. The summed E-state index contributed by atoms with van der Waals surface area (Å²) in [4.78, 5) is 4.38. The molecule has 2 aromatic carbocycles. The van der Waals surface area contributed by atoms with Gasteiger partial charge in [0.05, 0.1) is 5.69 Å². The molecule has 21 heavy (non-hydrogen) atoms. The second-order valence-electron chi connectivity index (χ2n) is 4.86. The third-order valence-electron chi connectivity index (χ3n) is 3.45. The Hall–Kier alpha value is -2.26. The molecule has 106 valence electrons. The number of anilines is 2. The van der Waals surface area contributed by atoms with E-state index < -0.39 is 0 Å². The van der Waals surface area contributed by atoms with Gasteiger partial charge in [0.2, 0.25) is 0 Å². The van der Waals surface area contributed by atoms with Gasteiger partial charge in [-0.25, -0.2) is 4.98 Å². The second-order valence-corrected chi connectivity index (χ2v) is 5.29. The maximum absolute atomic E-state index is 9.92. The van der Waals surface area contributed by atoms with E-state index in [1.807, 2.05) is 6.07 Å². The zero-order valence-electron chi connectivity index (χ0n) is 11.6. The largest absolute Gasteiger partial charge is 0.506 e. The minimum atomic E-state index is 0.143. The summed E-state index contributed by atoms with van der Waals surface area (Å²) in [5.41, 5.74) is 1.79. The van der Waals surface area contributed by atoms with Gasteiger partial charge >= 0.3 is 0 Å². The number of phenolic OH excluding ortho intramolecular Hbond substituents is 1. The van der Waals surface area contributed by atoms with Crippen LogP contribution >= 0.6 is 11.6 Å². The summed E-state index contributed by atoms with van der Waals surface area (Å²) in [6.45, 7) is 2.12. The van der Waals surface area contributed by atoms with E-state index in [-0.39, 0.29) is 5.75 Å². The highest BCUT2D eigenvalue weighted by Gasteiger charge is 2.07. The highest BCUT2D eigenvalue weighted by atomic mass is 35.5. The van der Waals surface area contributed by atoms with Crippen LogP contribution in [-0.2, 0) is 6.42 Å². The molecule has 0 saturated carbocycles. The third kappa shape index (κ3) is 2.78. The van der Waals surface area contributed by atoms with E-state index in [0.29, 0.717) is 16.5 Å². The Morgan fingerprint density at radius 1 is 1.14 bits per heavy atom. The van der Waals surface area contributed by atoms with Crippen LogP contribution in [0, 0.1) is 0 Å². The van der Waals surface area contributed by atoms with Crippen LogP contribution in [-0.4, -0.2) is 10.1 Å². The monoisotopic (exact) mass is 298 g/mol. The topological polar surface area (TPSA) is 45.2 Å². The van der Waals surface area contributed by atoms with E-state index in [2.05, 4.69) is 35.4 Å².